The number of oxime groups is 1. The van der Waals surface area contributed by atoms with Gasteiger partial charge in [-0.15, -0.1) is 0 Å². The summed E-state index contributed by atoms with van der Waals surface area (Å²) in [5.74, 6) is -1.86. The van der Waals surface area contributed by atoms with Gasteiger partial charge in [0.1, 0.15) is 0 Å². The smallest absolute Gasteiger partial charge is 0.334 e. The molecule has 9 heteroatoms. The Hall–Kier alpha value is -2.00. The zero-order valence-electron chi connectivity index (χ0n) is 12.1. The fraction of sp³-hybridized carbons (Fsp3) is 0.667. The number of nitrogens with zero attached hydrogens (tertiary/aromatic N) is 3. The largest absolute Gasteiger partial charge is 0.410 e. The number of ether oxygens (including phenoxy) is 2. The van der Waals surface area contributed by atoms with Crippen molar-refractivity contribution in [2.24, 2.45) is 5.16 Å². The standard InChI is InChI=1S/C12H19N3O6/c1-3-20-7-5-14-10(16)9(13-19)11(17)15(12(14)18)6-8-21-4-2/h19H,3-8H2,1-2H3. The molecule has 9 nitrogen and oxygen atoms in total. The number of amides is 4. The Labute approximate surface area is 122 Å². The number of imide groups is 2. The first-order valence-corrected chi connectivity index (χ1v) is 6.63. The minimum absolute atomic E-state index is 0.0249. The predicted molar refractivity (Wildman–Crippen MR) is 71.0 cm³/mol. The van der Waals surface area contributed by atoms with Crippen molar-refractivity contribution in [3.63, 3.8) is 0 Å². The van der Waals surface area contributed by atoms with Gasteiger partial charge in [0.25, 0.3) is 11.8 Å². The van der Waals surface area contributed by atoms with Crippen LogP contribution in [0.25, 0.3) is 0 Å². The van der Waals surface area contributed by atoms with Gasteiger partial charge < -0.3 is 14.7 Å². The van der Waals surface area contributed by atoms with Crippen LogP contribution in [0, 0.1) is 0 Å². The highest BCUT2D eigenvalue weighted by atomic mass is 16.5. The van der Waals surface area contributed by atoms with Crippen LogP contribution in [-0.2, 0) is 19.1 Å². The molecule has 0 unspecified atom stereocenters. The first-order valence-electron chi connectivity index (χ1n) is 6.63. The molecule has 0 saturated carbocycles. The van der Waals surface area contributed by atoms with Gasteiger partial charge in [-0.3, -0.25) is 19.4 Å². The van der Waals surface area contributed by atoms with Crippen LogP contribution < -0.4 is 0 Å². The Balaban J connectivity index is 2.85. The number of hydrogen-bond acceptors (Lipinski definition) is 7. The SMILES string of the molecule is CCOCCN1C(=O)C(=NO)C(=O)N(CCOCC)C1=O. The lowest BCUT2D eigenvalue weighted by molar-refractivity contribution is -0.131. The number of urea groups is 1. The quantitative estimate of drug-likeness (QED) is 0.374. The van der Waals surface area contributed by atoms with Crippen LogP contribution in [0.5, 0.6) is 0 Å². The average molecular weight is 301 g/mol. The van der Waals surface area contributed by atoms with E-state index in [1.165, 1.54) is 0 Å². The van der Waals surface area contributed by atoms with Crippen LogP contribution in [0.2, 0.25) is 0 Å². The molecular formula is C12H19N3O6. The Kier molecular flexibility index (Phi) is 6.76. The molecule has 1 aliphatic heterocycles. The molecule has 1 heterocycles. The van der Waals surface area contributed by atoms with Gasteiger partial charge in [-0.2, -0.15) is 0 Å². The second kappa shape index (κ2) is 8.32. The molecule has 21 heavy (non-hydrogen) atoms. The summed E-state index contributed by atoms with van der Waals surface area (Å²) in [5, 5.41) is 11.5. The Morgan fingerprint density at radius 1 is 0.952 bits per heavy atom. The van der Waals surface area contributed by atoms with E-state index in [0.29, 0.717) is 13.2 Å². The Morgan fingerprint density at radius 2 is 1.38 bits per heavy atom. The van der Waals surface area contributed by atoms with Gasteiger partial charge in [-0.1, -0.05) is 5.16 Å². The monoisotopic (exact) mass is 301 g/mol. The fourth-order valence-corrected chi connectivity index (χ4v) is 1.75. The lowest BCUT2D eigenvalue weighted by Gasteiger charge is -2.32. The summed E-state index contributed by atoms with van der Waals surface area (Å²) in [7, 11) is 0. The van der Waals surface area contributed by atoms with Gasteiger partial charge in [0.15, 0.2) is 0 Å². The fourth-order valence-electron chi connectivity index (χ4n) is 1.75. The van der Waals surface area contributed by atoms with E-state index in [2.05, 4.69) is 5.16 Å². The molecular weight excluding hydrogens is 282 g/mol. The van der Waals surface area contributed by atoms with Crippen LogP contribution in [0.4, 0.5) is 4.79 Å². The molecule has 0 aromatic heterocycles. The van der Waals surface area contributed by atoms with Gasteiger partial charge in [-0.05, 0) is 13.8 Å². The van der Waals surface area contributed by atoms with E-state index >= 15 is 0 Å². The van der Waals surface area contributed by atoms with Crippen LogP contribution in [-0.4, -0.2) is 78.1 Å². The maximum atomic E-state index is 12.2. The van der Waals surface area contributed by atoms with E-state index in [0.717, 1.165) is 9.80 Å². The summed E-state index contributed by atoms with van der Waals surface area (Å²) in [6, 6.07) is -0.767. The molecule has 0 radical (unpaired) electrons. The van der Waals surface area contributed by atoms with E-state index in [-0.39, 0.29) is 26.3 Å². The van der Waals surface area contributed by atoms with Crippen LogP contribution in [0.3, 0.4) is 0 Å². The second-order valence-electron chi connectivity index (χ2n) is 4.04. The third-order valence-corrected chi connectivity index (χ3v) is 2.78. The maximum absolute atomic E-state index is 12.2. The molecule has 0 atom stereocenters. The summed E-state index contributed by atoms with van der Waals surface area (Å²) >= 11 is 0. The first-order chi connectivity index (χ1) is 10.1. The van der Waals surface area contributed by atoms with Crippen molar-refractivity contribution in [2.75, 3.05) is 39.5 Å². The highest BCUT2D eigenvalue weighted by Crippen LogP contribution is 2.11. The van der Waals surface area contributed by atoms with E-state index in [1.807, 2.05) is 0 Å². The minimum Gasteiger partial charge on any atom is -0.410 e. The lowest BCUT2D eigenvalue weighted by Crippen LogP contribution is -2.61. The lowest BCUT2D eigenvalue weighted by atomic mass is 10.2. The normalized spacial score (nSPS) is 15.9. The highest BCUT2D eigenvalue weighted by Gasteiger charge is 2.43. The zero-order chi connectivity index (χ0) is 15.8. The molecule has 0 aromatic carbocycles. The summed E-state index contributed by atoms with van der Waals surface area (Å²) in [6.07, 6.45) is 0. The Bertz CT molecular complexity index is 403. The van der Waals surface area contributed by atoms with Crippen molar-refractivity contribution in [2.45, 2.75) is 13.8 Å². The average Bonchev–Trinajstić information content (AvgIpc) is 2.47. The van der Waals surface area contributed by atoms with Gasteiger partial charge in [0, 0.05) is 13.2 Å². The van der Waals surface area contributed by atoms with Crippen molar-refractivity contribution in [1.29, 1.82) is 0 Å². The van der Waals surface area contributed by atoms with Gasteiger partial charge in [-0.25, -0.2) is 4.79 Å². The molecule has 1 aliphatic rings. The topological polar surface area (TPSA) is 109 Å². The first kappa shape index (κ1) is 17.1. The molecule has 0 bridgehead atoms. The highest BCUT2D eigenvalue weighted by molar-refractivity contribution is 6.68. The molecule has 0 aliphatic carbocycles. The van der Waals surface area contributed by atoms with Crippen LogP contribution >= 0.6 is 0 Å². The number of barbiturate groups is 1. The van der Waals surface area contributed by atoms with Gasteiger partial charge >= 0.3 is 6.03 Å². The molecule has 4 amide bonds. The second-order valence-corrected chi connectivity index (χ2v) is 4.04. The summed E-state index contributed by atoms with van der Waals surface area (Å²) in [4.78, 5) is 37.6. The summed E-state index contributed by atoms with van der Waals surface area (Å²) in [5.41, 5.74) is -0.692. The van der Waals surface area contributed by atoms with E-state index in [9.17, 15) is 14.4 Å². The summed E-state index contributed by atoms with van der Waals surface area (Å²) in [6.45, 7) is 4.65. The minimum atomic E-state index is -0.931. The molecule has 0 spiro atoms. The zero-order valence-corrected chi connectivity index (χ0v) is 12.1. The molecule has 118 valence electrons. The number of carbonyl (C=O) groups excluding carboxylic acids is 3. The van der Waals surface area contributed by atoms with Crippen molar-refractivity contribution in [1.82, 2.24) is 9.80 Å². The van der Waals surface area contributed by atoms with Gasteiger partial charge in [0.2, 0.25) is 5.71 Å². The van der Waals surface area contributed by atoms with E-state index < -0.39 is 23.6 Å². The van der Waals surface area contributed by atoms with Crippen LogP contribution in [0.15, 0.2) is 5.16 Å². The van der Waals surface area contributed by atoms with E-state index in [4.69, 9.17) is 14.7 Å². The van der Waals surface area contributed by atoms with Crippen molar-refractivity contribution >= 4 is 23.6 Å². The Morgan fingerprint density at radius 3 is 1.71 bits per heavy atom. The van der Waals surface area contributed by atoms with Crippen molar-refractivity contribution in [3.8, 4) is 0 Å². The number of carbonyl (C=O) groups is 3. The molecule has 1 N–H and O–H groups in total. The van der Waals surface area contributed by atoms with E-state index in [1.54, 1.807) is 13.8 Å². The molecule has 1 saturated heterocycles. The predicted octanol–water partition coefficient (Wildman–Crippen LogP) is -0.320. The number of rotatable bonds is 8. The number of hydrogen-bond donors (Lipinski definition) is 1. The molecule has 0 aromatic rings. The molecule has 1 fully saturated rings. The van der Waals surface area contributed by atoms with Crippen LogP contribution in [0.1, 0.15) is 13.8 Å². The van der Waals surface area contributed by atoms with Crippen molar-refractivity contribution in [3.05, 3.63) is 0 Å². The summed E-state index contributed by atoms with van der Waals surface area (Å²) < 4.78 is 10.2. The van der Waals surface area contributed by atoms with Crippen molar-refractivity contribution < 1.29 is 29.1 Å². The third kappa shape index (κ3) is 3.99. The maximum Gasteiger partial charge on any atom is 0.334 e. The molecule has 1 rings (SSSR count). The van der Waals surface area contributed by atoms with Gasteiger partial charge in [0.05, 0.1) is 26.3 Å². The third-order valence-electron chi connectivity index (χ3n) is 2.78.